The van der Waals surface area contributed by atoms with Gasteiger partial charge in [-0.1, -0.05) is 0 Å². The maximum Gasteiger partial charge on any atom is 0.434 e. The third-order valence-electron chi connectivity index (χ3n) is 2.88. The van der Waals surface area contributed by atoms with Gasteiger partial charge < -0.3 is 5.32 Å². The molecule has 0 saturated heterocycles. The number of thiazole rings is 1. The molecule has 2 aromatic rings. The summed E-state index contributed by atoms with van der Waals surface area (Å²) in [5.41, 5.74) is -3.24. The van der Waals surface area contributed by atoms with Gasteiger partial charge in [0.2, 0.25) is 5.91 Å². The number of benzene rings is 1. The highest BCUT2D eigenvalue weighted by atomic mass is 32.2. The zero-order valence-electron chi connectivity index (χ0n) is 12.7. The van der Waals surface area contributed by atoms with Crippen molar-refractivity contribution in [2.45, 2.75) is 17.2 Å². The van der Waals surface area contributed by atoms with E-state index in [1.54, 1.807) is 0 Å². The van der Waals surface area contributed by atoms with Gasteiger partial charge in [-0.15, -0.1) is 23.1 Å². The van der Waals surface area contributed by atoms with E-state index < -0.39 is 45.9 Å². The van der Waals surface area contributed by atoms with Crippen molar-refractivity contribution in [1.82, 2.24) is 4.98 Å². The molecule has 0 unspecified atom stereocenters. The lowest BCUT2D eigenvalue weighted by atomic mass is 10.2. The number of hydrogen-bond acceptors (Lipinski definition) is 6. The molecule has 0 aliphatic heterocycles. The number of nitro groups is 1. The number of nitro benzene ring substituents is 1. The van der Waals surface area contributed by atoms with Crippen molar-refractivity contribution in [3.63, 3.8) is 0 Å². The molecule has 6 nitrogen and oxygen atoms in total. The van der Waals surface area contributed by atoms with Crippen molar-refractivity contribution in [2.75, 3.05) is 11.1 Å². The summed E-state index contributed by atoms with van der Waals surface area (Å²) in [5, 5.41) is 13.4. The van der Waals surface area contributed by atoms with Crippen LogP contribution >= 0.6 is 23.1 Å². The zero-order valence-corrected chi connectivity index (χ0v) is 14.4. The number of nitrogens with zero attached hydrogens (tertiary/aromatic N) is 2. The smallest absolute Gasteiger partial charge is 0.301 e. The van der Waals surface area contributed by atoms with Crippen molar-refractivity contribution in [3.8, 4) is 0 Å². The van der Waals surface area contributed by atoms with E-state index in [9.17, 15) is 41.3 Å². The first-order chi connectivity index (χ1) is 12.4. The Kier molecular flexibility index (Phi) is 5.99. The molecule has 0 aliphatic carbocycles. The van der Waals surface area contributed by atoms with Crippen LogP contribution in [0, 0.1) is 10.1 Å². The van der Waals surface area contributed by atoms with Gasteiger partial charge in [-0.05, 0) is 12.1 Å². The molecular weight excluding hydrogens is 424 g/mol. The number of halogens is 6. The first-order valence-electron chi connectivity index (χ1n) is 6.69. The van der Waals surface area contributed by atoms with Gasteiger partial charge in [0.25, 0.3) is 5.69 Å². The molecule has 0 radical (unpaired) electrons. The van der Waals surface area contributed by atoms with Gasteiger partial charge in [0.1, 0.15) is 0 Å². The Bertz CT molecular complexity index is 866. The second-order valence-corrected chi connectivity index (χ2v) is 6.69. The fraction of sp³-hybridized carbons (Fsp3) is 0.231. The fourth-order valence-corrected chi connectivity index (χ4v) is 3.26. The summed E-state index contributed by atoms with van der Waals surface area (Å²) in [5.74, 6) is -1.30. The highest BCUT2D eigenvalue weighted by molar-refractivity contribution is 8.00. The fourth-order valence-electron chi connectivity index (χ4n) is 1.72. The molecule has 0 aliphatic rings. The lowest BCUT2D eigenvalue weighted by Crippen LogP contribution is -2.14. The molecule has 0 spiro atoms. The SMILES string of the molecule is O=C(CSc1ccc(C(F)(F)F)cc1[N+](=O)[O-])Nc1nc(C(F)(F)F)cs1. The normalized spacial score (nSPS) is 12.1. The molecule has 1 aromatic carbocycles. The zero-order chi connectivity index (χ0) is 20.4. The number of carbonyl (C=O) groups is 1. The number of aromatic nitrogens is 1. The summed E-state index contributed by atoms with van der Waals surface area (Å²) in [6.45, 7) is 0. The van der Waals surface area contributed by atoms with Crippen LogP contribution in [0.5, 0.6) is 0 Å². The van der Waals surface area contributed by atoms with Crippen LogP contribution in [0.3, 0.4) is 0 Å². The molecule has 27 heavy (non-hydrogen) atoms. The Labute approximate surface area is 154 Å². The van der Waals surface area contributed by atoms with E-state index in [1.807, 2.05) is 0 Å². The Morgan fingerprint density at radius 3 is 2.41 bits per heavy atom. The lowest BCUT2D eigenvalue weighted by Gasteiger charge is -2.08. The van der Waals surface area contributed by atoms with Crippen molar-refractivity contribution < 1.29 is 36.1 Å². The monoisotopic (exact) mass is 431 g/mol. The molecule has 0 fully saturated rings. The van der Waals surface area contributed by atoms with E-state index in [1.165, 1.54) is 0 Å². The maximum absolute atomic E-state index is 12.6. The molecular formula is C13H7F6N3O3S2. The number of carbonyl (C=O) groups excluding carboxylic acids is 1. The molecule has 1 amide bonds. The van der Waals surface area contributed by atoms with Crippen molar-refractivity contribution in [3.05, 3.63) is 45.0 Å². The van der Waals surface area contributed by atoms with Gasteiger partial charge in [-0.3, -0.25) is 14.9 Å². The molecule has 1 heterocycles. The number of alkyl halides is 6. The van der Waals surface area contributed by atoms with Gasteiger partial charge in [-0.2, -0.15) is 26.3 Å². The van der Waals surface area contributed by atoms with Gasteiger partial charge in [-0.25, -0.2) is 4.98 Å². The van der Waals surface area contributed by atoms with Gasteiger partial charge in [0, 0.05) is 11.4 Å². The summed E-state index contributed by atoms with van der Waals surface area (Å²) >= 11 is 1.10. The topological polar surface area (TPSA) is 85.1 Å². The van der Waals surface area contributed by atoms with Gasteiger partial charge >= 0.3 is 12.4 Å². The van der Waals surface area contributed by atoms with Crippen molar-refractivity contribution >= 4 is 39.8 Å². The van der Waals surface area contributed by atoms with Crippen LogP contribution in [0.25, 0.3) is 0 Å². The molecule has 0 bridgehead atoms. The highest BCUT2D eigenvalue weighted by Crippen LogP contribution is 2.37. The molecule has 0 atom stereocenters. The van der Waals surface area contributed by atoms with Crippen LogP contribution in [0.4, 0.5) is 37.2 Å². The number of rotatable bonds is 5. The van der Waals surface area contributed by atoms with Crippen molar-refractivity contribution in [2.24, 2.45) is 0 Å². The molecule has 1 N–H and O–H groups in total. The number of thioether (sulfide) groups is 1. The summed E-state index contributed by atoms with van der Waals surface area (Å²) in [4.78, 5) is 24.7. The summed E-state index contributed by atoms with van der Waals surface area (Å²) in [6.07, 6.45) is -9.44. The lowest BCUT2D eigenvalue weighted by molar-refractivity contribution is -0.388. The highest BCUT2D eigenvalue weighted by Gasteiger charge is 2.34. The van der Waals surface area contributed by atoms with E-state index in [-0.39, 0.29) is 10.0 Å². The van der Waals surface area contributed by atoms with Crippen molar-refractivity contribution in [1.29, 1.82) is 0 Å². The number of nitrogens with one attached hydrogen (secondary N) is 1. The average molecular weight is 431 g/mol. The minimum absolute atomic E-state index is 0.196. The molecule has 14 heteroatoms. The van der Waals surface area contributed by atoms with E-state index >= 15 is 0 Å². The Morgan fingerprint density at radius 1 is 1.22 bits per heavy atom. The van der Waals surface area contributed by atoms with Crippen LogP contribution in [-0.4, -0.2) is 21.6 Å². The number of hydrogen-bond donors (Lipinski definition) is 1. The second-order valence-electron chi connectivity index (χ2n) is 4.81. The molecule has 146 valence electrons. The third kappa shape index (κ3) is 5.56. The first kappa shape index (κ1) is 21.0. The van der Waals surface area contributed by atoms with E-state index in [2.05, 4.69) is 10.3 Å². The predicted molar refractivity (Wildman–Crippen MR) is 84.6 cm³/mol. The maximum atomic E-state index is 12.6. The summed E-state index contributed by atoms with van der Waals surface area (Å²) in [7, 11) is 0. The number of anilines is 1. The Hall–Kier alpha value is -2.35. The summed E-state index contributed by atoms with van der Waals surface area (Å²) < 4.78 is 75.2. The van der Waals surface area contributed by atoms with Gasteiger partial charge in [0.15, 0.2) is 10.8 Å². The Morgan fingerprint density at radius 2 is 1.89 bits per heavy atom. The van der Waals surface area contributed by atoms with Crippen LogP contribution in [0.15, 0.2) is 28.5 Å². The molecule has 2 rings (SSSR count). The van der Waals surface area contributed by atoms with E-state index in [4.69, 9.17) is 0 Å². The standard InChI is InChI=1S/C13H7F6N3O3S2/c14-12(15,16)6-1-2-8(7(3-6)22(24)25)26-5-10(23)21-11-20-9(4-27-11)13(17,18)19/h1-4H,5H2,(H,20,21,23). The van der Waals surface area contributed by atoms with Crippen LogP contribution in [0.2, 0.25) is 0 Å². The van der Waals surface area contributed by atoms with Crippen LogP contribution in [-0.2, 0) is 17.1 Å². The second kappa shape index (κ2) is 7.72. The average Bonchev–Trinajstić information content (AvgIpc) is 3.00. The van der Waals surface area contributed by atoms with E-state index in [0.717, 1.165) is 6.07 Å². The first-order valence-corrected chi connectivity index (χ1v) is 8.55. The third-order valence-corrected chi connectivity index (χ3v) is 4.70. The minimum Gasteiger partial charge on any atom is -0.301 e. The predicted octanol–water partition coefficient (Wildman–Crippen LogP) is 4.82. The van der Waals surface area contributed by atoms with Crippen LogP contribution in [0.1, 0.15) is 11.3 Å². The molecule has 0 saturated carbocycles. The van der Waals surface area contributed by atoms with Crippen LogP contribution < -0.4 is 5.32 Å². The van der Waals surface area contributed by atoms with E-state index in [0.29, 0.717) is 40.6 Å². The number of amides is 1. The summed E-state index contributed by atoms with van der Waals surface area (Å²) in [6, 6.07) is 1.82. The largest absolute Gasteiger partial charge is 0.434 e. The minimum atomic E-state index is -4.77. The van der Waals surface area contributed by atoms with Gasteiger partial charge in [0.05, 0.1) is 21.1 Å². The quantitative estimate of drug-likeness (QED) is 0.318. The Balaban J connectivity index is 2.06. The molecule has 1 aromatic heterocycles.